The van der Waals surface area contributed by atoms with Crippen molar-refractivity contribution in [3.63, 3.8) is 0 Å². The molecule has 0 amide bonds. The molecule has 0 unspecified atom stereocenters. The van der Waals surface area contributed by atoms with Crippen molar-refractivity contribution >= 4 is 5.69 Å². The minimum absolute atomic E-state index is 0.651. The highest BCUT2D eigenvalue weighted by Crippen LogP contribution is 2.19. The van der Waals surface area contributed by atoms with Crippen LogP contribution in [0.3, 0.4) is 0 Å². The Morgan fingerprint density at radius 3 is 2.74 bits per heavy atom. The number of nitrogens with zero attached hydrogens (tertiary/aromatic N) is 2. The molecule has 1 aliphatic rings. The Morgan fingerprint density at radius 1 is 1.37 bits per heavy atom. The predicted molar refractivity (Wildman–Crippen MR) is 79.1 cm³/mol. The van der Waals surface area contributed by atoms with Gasteiger partial charge in [0.25, 0.3) is 0 Å². The Kier molecular flexibility index (Phi) is 4.81. The molecule has 19 heavy (non-hydrogen) atoms. The zero-order valence-corrected chi connectivity index (χ0v) is 11.9. The van der Waals surface area contributed by atoms with Crippen molar-refractivity contribution in [2.75, 3.05) is 25.0 Å². The zero-order valence-electron chi connectivity index (χ0n) is 11.9. The van der Waals surface area contributed by atoms with Crippen molar-refractivity contribution < 1.29 is 0 Å². The van der Waals surface area contributed by atoms with Crippen LogP contribution in [0.1, 0.15) is 32.3 Å². The molecular weight excluding hydrogens is 234 g/mol. The van der Waals surface area contributed by atoms with Crippen LogP contribution < -0.4 is 5.32 Å². The van der Waals surface area contributed by atoms with E-state index in [1.165, 1.54) is 25.9 Å². The summed E-state index contributed by atoms with van der Waals surface area (Å²) in [4.78, 5) is 2.60. The van der Waals surface area contributed by atoms with E-state index in [2.05, 4.69) is 30.1 Å². The lowest BCUT2D eigenvalue weighted by Gasteiger charge is -2.26. The van der Waals surface area contributed by atoms with Crippen molar-refractivity contribution in [3.05, 3.63) is 29.8 Å². The molecule has 1 atom stereocenters. The quantitative estimate of drug-likeness (QED) is 0.881. The van der Waals surface area contributed by atoms with Crippen molar-refractivity contribution in [1.82, 2.24) is 4.90 Å². The summed E-state index contributed by atoms with van der Waals surface area (Å²) in [5.74, 6) is 0.732. The first-order chi connectivity index (χ1) is 9.19. The Balaban J connectivity index is 1.85. The van der Waals surface area contributed by atoms with Gasteiger partial charge in [-0.25, -0.2) is 0 Å². The summed E-state index contributed by atoms with van der Waals surface area (Å²) < 4.78 is 0. The molecule has 1 saturated heterocycles. The van der Waals surface area contributed by atoms with E-state index in [-0.39, 0.29) is 0 Å². The molecule has 1 aromatic rings. The number of anilines is 1. The SMILES string of the molecule is CC(C)CN1CCC[C@H]1CNc1ccc(C#N)cc1. The largest absolute Gasteiger partial charge is 0.383 e. The Labute approximate surface area is 116 Å². The van der Waals surface area contributed by atoms with Crippen molar-refractivity contribution in [2.45, 2.75) is 32.7 Å². The highest BCUT2D eigenvalue weighted by Gasteiger charge is 2.24. The standard InChI is InChI=1S/C16H23N3/c1-13(2)12-19-9-3-4-16(19)11-18-15-7-5-14(10-17)6-8-15/h5-8,13,16,18H,3-4,9,11-12H2,1-2H3/t16-/m0/s1. The number of hydrogen-bond donors (Lipinski definition) is 1. The van der Waals surface area contributed by atoms with Crippen LogP contribution in [0.25, 0.3) is 0 Å². The predicted octanol–water partition coefficient (Wildman–Crippen LogP) is 3.09. The number of nitrogens with one attached hydrogen (secondary N) is 1. The first kappa shape index (κ1) is 13.9. The number of rotatable bonds is 5. The molecule has 1 heterocycles. The minimum Gasteiger partial charge on any atom is -0.383 e. The topological polar surface area (TPSA) is 39.1 Å². The smallest absolute Gasteiger partial charge is 0.0991 e. The molecule has 1 aliphatic heterocycles. The summed E-state index contributed by atoms with van der Waals surface area (Å²) >= 11 is 0. The molecule has 1 N–H and O–H groups in total. The normalized spacial score (nSPS) is 19.6. The van der Waals surface area contributed by atoms with Gasteiger partial charge in [-0.2, -0.15) is 5.26 Å². The number of nitriles is 1. The molecule has 102 valence electrons. The average Bonchev–Trinajstić information content (AvgIpc) is 2.83. The lowest BCUT2D eigenvalue weighted by atomic mass is 10.1. The summed E-state index contributed by atoms with van der Waals surface area (Å²) in [6, 6.07) is 10.5. The van der Waals surface area contributed by atoms with E-state index in [0.717, 1.165) is 18.2 Å². The second kappa shape index (κ2) is 6.58. The number of hydrogen-bond acceptors (Lipinski definition) is 3. The first-order valence-electron chi connectivity index (χ1n) is 7.17. The Bertz CT molecular complexity index is 430. The third-order valence-electron chi connectivity index (χ3n) is 3.65. The molecule has 3 heteroatoms. The monoisotopic (exact) mass is 257 g/mol. The maximum Gasteiger partial charge on any atom is 0.0991 e. The molecule has 0 bridgehead atoms. The van der Waals surface area contributed by atoms with E-state index >= 15 is 0 Å². The maximum absolute atomic E-state index is 8.77. The van der Waals surface area contributed by atoms with Crippen LogP contribution in [0.15, 0.2) is 24.3 Å². The fourth-order valence-electron chi connectivity index (χ4n) is 2.73. The maximum atomic E-state index is 8.77. The lowest BCUT2D eigenvalue weighted by molar-refractivity contribution is 0.234. The van der Waals surface area contributed by atoms with Gasteiger partial charge in [-0.15, -0.1) is 0 Å². The molecule has 0 radical (unpaired) electrons. The summed E-state index contributed by atoms with van der Waals surface area (Å²) in [7, 11) is 0. The fraction of sp³-hybridized carbons (Fsp3) is 0.562. The van der Waals surface area contributed by atoms with E-state index in [1.54, 1.807) is 0 Å². The zero-order chi connectivity index (χ0) is 13.7. The molecule has 0 saturated carbocycles. The third kappa shape index (κ3) is 3.97. The van der Waals surface area contributed by atoms with Crippen LogP contribution in [-0.4, -0.2) is 30.6 Å². The van der Waals surface area contributed by atoms with Gasteiger partial charge in [-0.05, 0) is 49.6 Å². The van der Waals surface area contributed by atoms with Crippen LogP contribution >= 0.6 is 0 Å². The summed E-state index contributed by atoms with van der Waals surface area (Å²) in [5.41, 5.74) is 1.82. The van der Waals surface area contributed by atoms with Crippen LogP contribution in [0.5, 0.6) is 0 Å². The van der Waals surface area contributed by atoms with E-state index in [0.29, 0.717) is 11.6 Å². The number of benzene rings is 1. The van der Waals surface area contributed by atoms with Crippen molar-refractivity contribution in [3.8, 4) is 6.07 Å². The first-order valence-corrected chi connectivity index (χ1v) is 7.17. The van der Waals surface area contributed by atoms with E-state index in [4.69, 9.17) is 5.26 Å². The van der Waals surface area contributed by atoms with Gasteiger partial charge in [0, 0.05) is 24.8 Å². The second-order valence-electron chi connectivity index (χ2n) is 5.75. The summed E-state index contributed by atoms with van der Waals surface area (Å²) in [6.07, 6.45) is 2.60. The third-order valence-corrected chi connectivity index (χ3v) is 3.65. The molecule has 0 aliphatic carbocycles. The van der Waals surface area contributed by atoms with Crippen molar-refractivity contribution in [1.29, 1.82) is 5.26 Å². The van der Waals surface area contributed by atoms with Gasteiger partial charge >= 0.3 is 0 Å². The number of likely N-dealkylation sites (tertiary alicyclic amines) is 1. The molecule has 3 nitrogen and oxygen atoms in total. The molecule has 1 fully saturated rings. The van der Waals surface area contributed by atoms with Gasteiger partial charge in [0.15, 0.2) is 0 Å². The highest BCUT2D eigenvalue weighted by atomic mass is 15.2. The van der Waals surface area contributed by atoms with Gasteiger partial charge in [-0.1, -0.05) is 13.8 Å². The van der Waals surface area contributed by atoms with Crippen molar-refractivity contribution in [2.24, 2.45) is 5.92 Å². The van der Waals surface area contributed by atoms with E-state index < -0.39 is 0 Å². The molecule has 2 rings (SSSR count). The average molecular weight is 257 g/mol. The van der Waals surface area contributed by atoms with Gasteiger partial charge in [0.05, 0.1) is 11.6 Å². The molecule has 0 aromatic heterocycles. The van der Waals surface area contributed by atoms with Crippen LogP contribution in [0, 0.1) is 17.2 Å². The summed E-state index contributed by atoms with van der Waals surface area (Å²) in [5, 5.41) is 12.3. The molecule has 1 aromatic carbocycles. The van der Waals surface area contributed by atoms with Gasteiger partial charge < -0.3 is 5.32 Å². The Hall–Kier alpha value is -1.53. The minimum atomic E-state index is 0.651. The van der Waals surface area contributed by atoms with Gasteiger partial charge in [0.1, 0.15) is 0 Å². The Morgan fingerprint density at radius 2 is 2.11 bits per heavy atom. The van der Waals surface area contributed by atoms with Gasteiger partial charge in [-0.3, -0.25) is 4.90 Å². The van der Waals surface area contributed by atoms with Gasteiger partial charge in [0.2, 0.25) is 0 Å². The van der Waals surface area contributed by atoms with Crippen LogP contribution in [0.4, 0.5) is 5.69 Å². The summed E-state index contributed by atoms with van der Waals surface area (Å²) in [6.45, 7) is 7.99. The van der Waals surface area contributed by atoms with Crippen LogP contribution in [0.2, 0.25) is 0 Å². The van der Waals surface area contributed by atoms with E-state index in [9.17, 15) is 0 Å². The van der Waals surface area contributed by atoms with Crippen LogP contribution in [-0.2, 0) is 0 Å². The molecule has 0 spiro atoms. The lowest BCUT2D eigenvalue weighted by Crippen LogP contribution is -2.37. The highest BCUT2D eigenvalue weighted by molar-refractivity contribution is 5.47. The second-order valence-corrected chi connectivity index (χ2v) is 5.75. The van der Waals surface area contributed by atoms with E-state index in [1.807, 2.05) is 24.3 Å². The fourth-order valence-corrected chi connectivity index (χ4v) is 2.73. The molecular formula is C16H23N3.